The number of nitrogens with one attached hydrogen (secondary N) is 2. The van der Waals surface area contributed by atoms with Crippen LogP contribution in [0.1, 0.15) is 12.5 Å². The number of halogens is 1. The van der Waals surface area contributed by atoms with Crippen LogP contribution in [0.25, 0.3) is 0 Å². The number of rotatable bonds is 6. The molecule has 2 N–H and O–H groups in total. The number of nitrogens with zero attached hydrogens (tertiary/aromatic N) is 1. The van der Waals surface area contributed by atoms with E-state index in [1.165, 1.54) is 0 Å². The van der Waals surface area contributed by atoms with Crippen molar-refractivity contribution in [3.8, 4) is 5.75 Å². The molecule has 6 heteroatoms. The molecular weight excluding hydrogens is 314 g/mol. The summed E-state index contributed by atoms with van der Waals surface area (Å²) >= 11 is 5.80. The van der Waals surface area contributed by atoms with E-state index in [4.69, 9.17) is 16.3 Å². The van der Waals surface area contributed by atoms with E-state index in [1.807, 2.05) is 36.4 Å². The minimum absolute atomic E-state index is 0.231. The molecule has 5 nitrogen and oxygen atoms in total. The number of benzene rings is 2. The van der Waals surface area contributed by atoms with Crippen molar-refractivity contribution in [2.45, 2.75) is 13.0 Å². The first-order valence-electron chi connectivity index (χ1n) is 7.07. The number of hydrogen-bond acceptors (Lipinski definition) is 4. The molecule has 0 aliphatic heterocycles. The maximum absolute atomic E-state index is 12.0. The Morgan fingerprint density at radius 1 is 1.17 bits per heavy atom. The predicted octanol–water partition coefficient (Wildman–Crippen LogP) is 3.30. The van der Waals surface area contributed by atoms with Crippen molar-refractivity contribution < 1.29 is 9.53 Å². The molecule has 0 spiro atoms. The Bertz CT molecular complexity index is 669. The van der Waals surface area contributed by atoms with Crippen LogP contribution in [0, 0.1) is 0 Å². The number of hydrogen-bond donors (Lipinski definition) is 2. The fraction of sp³-hybridized carbons (Fsp3) is 0.176. The molecule has 1 atom stereocenters. The first kappa shape index (κ1) is 16.8. The Labute approximate surface area is 140 Å². The van der Waals surface area contributed by atoms with E-state index in [2.05, 4.69) is 15.8 Å². The lowest BCUT2D eigenvalue weighted by Gasteiger charge is -2.13. The quantitative estimate of drug-likeness (QED) is 0.630. The summed E-state index contributed by atoms with van der Waals surface area (Å²) in [5.74, 6) is 0.534. The number of anilines is 1. The molecule has 1 amide bonds. The molecule has 2 aromatic rings. The van der Waals surface area contributed by atoms with Gasteiger partial charge in [-0.3, -0.25) is 4.79 Å². The summed E-state index contributed by atoms with van der Waals surface area (Å²) in [5, 5.41) is 7.68. The van der Waals surface area contributed by atoms with Crippen molar-refractivity contribution in [3.05, 3.63) is 59.1 Å². The van der Waals surface area contributed by atoms with Crippen LogP contribution in [0.2, 0.25) is 5.02 Å². The highest BCUT2D eigenvalue weighted by Gasteiger charge is 2.11. The molecule has 0 bridgehead atoms. The van der Waals surface area contributed by atoms with Crippen LogP contribution in [0.3, 0.4) is 0 Å². The molecule has 2 rings (SSSR count). The molecule has 0 aliphatic carbocycles. The first-order valence-corrected chi connectivity index (χ1v) is 7.45. The standard InChI is InChI=1S/C17H18ClN3O2/c1-12(20-15-7-9-16(23-2)10-8-15)17(22)21-19-11-13-3-5-14(18)6-4-13/h3-12,20H,1-2H3,(H,21,22)/b19-11-/t12-/m0/s1. The maximum atomic E-state index is 12.0. The topological polar surface area (TPSA) is 62.7 Å². The minimum Gasteiger partial charge on any atom is -0.497 e. The summed E-state index contributed by atoms with van der Waals surface area (Å²) in [6.45, 7) is 1.76. The van der Waals surface area contributed by atoms with Crippen molar-refractivity contribution in [2.24, 2.45) is 5.10 Å². The molecule has 120 valence electrons. The molecule has 2 aromatic carbocycles. The molecule has 0 aliphatic rings. The molecular formula is C17H18ClN3O2. The van der Waals surface area contributed by atoms with E-state index < -0.39 is 6.04 Å². The summed E-state index contributed by atoms with van der Waals surface area (Å²) < 4.78 is 5.09. The number of carbonyl (C=O) groups excluding carboxylic acids is 1. The van der Waals surface area contributed by atoms with Gasteiger partial charge in [0.05, 0.1) is 13.3 Å². The molecule has 0 aromatic heterocycles. The molecule has 23 heavy (non-hydrogen) atoms. The van der Waals surface area contributed by atoms with Gasteiger partial charge < -0.3 is 10.1 Å². The normalized spacial score (nSPS) is 12.0. The third kappa shape index (κ3) is 5.30. The van der Waals surface area contributed by atoms with Gasteiger partial charge in [0.1, 0.15) is 11.8 Å². The zero-order valence-electron chi connectivity index (χ0n) is 12.9. The second-order valence-electron chi connectivity index (χ2n) is 4.88. The summed E-state index contributed by atoms with van der Waals surface area (Å²) in [7, 11) is 1.61. The Kier molecular flexibility index (Phi) is 6.00. The van der Waals surface area contributed by atoms with Gasteiger partial charge in [0.2, 0.25) is 0 Å². The van der Waals surface area contributed by atoms with Crippen molar-refractivity contribution in [1.29, 1.82) is 0 Å². The summed E-state index contributed by atoms with van der Waals surface area (Å²) in [4.78, 5) is 12.0. The van der Waals surface area contributed by atoms with Crippen molar-refractivity contribution in [1.82, 2.24) is 5.43 Å². The molecule has 0 fully saturated rings. The SMILES string of the molecule is COc1ccc(N[C@@H](C)C(=O)N/N=C\c2ccc(Cl)cc2)cc1. The molecule has 0 saturated heterocycles. The van der Waals surface area contributed by atoms with Gasteiger partial charge in [-0.05, 0) is 48.9 Å². The van der Waals surface area contributed by atoms with E-state index in [1.54, 1.807) is 32.4 Å². The van der Waals surface area contributed by atoms with Crippen LogP contribution in [-0.4, -0.2) is 25.3 Å². The lowest BCUT2D eigenvalue weighted by Crippen LogP contribution is -2.34. The summed E-state index contributed by atoms with van der Waals surface area (Å²) in [5.41, 5.74) is 4.18. The van der Waals surface area contributed by atoms with E-state index in [0.29, 0.717) is 5.02 Å². The lowest BCUT2D eigenvalue weighted by atomic mass is 10.2. The van der Waals surface area contributed by atoms with Crippen LogP contribution in [0.15, 0.2) is 53.6 Å². The fourth-order valence-corrected chi connectivity index (χ4v) is 1.94. The van der Waals surface area contributed by atoms with Gasteiger partial charge in [-0.1, -0.05) is 23.7 Å². The number of methoxy groups -OCH3 is 1. The Hall–Kier alpha value is -2.53. The number of carbonyl (C=O) groups is 1. The van der Waals surface area contributed by atoms with Crippen molar-refractivity contribution >= 4 is 29.4 Å². The monoisotopic (exact) mass is 331 g/mol. The average molecular weight is 332 g/mol. The average Bonchev–Trinajstić information content (AvgIpc) is 2.57. The van der Waals surface area contributed by atoms with Gasteiger partial charge in [0.15, 0.2) is 0 Å². The molecule has 0 heterocycles. The zero-order chi connectivity index (χ0) is 16.7. The Balaban J connectivity index is 1.85. The van der Waals surface area contributed by atoms with Gasteiger partial charge in [0.25, 0.3) is 5.91 Å². The van der Waals surface area contributed by atoms with E-state index in [9.17, 15) is 4.79 Å². The van der Waals surface area contributed by atoms with Gasteiger partial charge in [-0.25, -0.2) is 5.43 Å². The van der Waals surface area contributed by atoms with Crippen LogP contribution in [0.4, 0.5) is 5.69 Å². The van der Waals surface area contributed by atoms with Gasteiger partial charge >= 0.3 is 0 Å². The van der Waals surface area contributed by atoms with Crippen LogP contribution >= 0.6 is 11.6 Å². The number of ether oxygens (including phenoxy) is 1. The predicted molar refractivity (Wildman–Crippen MR) is 93.3 cm³/mol. The van der Waals surface area contributed by atoms with Crippen LogP contribution in [0.5, 0.6) is 5.75 Å². The summed E-state index contributed by atoms with van der Waals surface area (Å²) in [6, 6.07) is 14.1. The van der Waals surface area contributed by atoms with Crippen molar-refractivity contribution in [2.75, 3.05) is 12.4 Å². The van der Waals surface area contributed by atoms with Gasteiger partial charge in [-0.15, -0.1) is 0 Å². The Morgan fingerprint density at radius 3 is 2.43 bits per heavy atom. The van der Waals surface area contributed by atoms with E-state index >= 15 is 0 Å². The van der Waals surface area contributed by atoms with Gasteiger partial charge in [-0.2, -0.15) is 5.10 Å². The van der Waals surface area contributed by atoms with Crippen LogP contribution < -0.4 is 15.5 Å². The Morgan fingerprint density at radius 2 is 1.83 bits per heavy atom. The highest BCUT2D eigenvalue weighted by molar-refractivity contribution is 6.30. The number of hydrazone groups is 1. The van der Waals surface area contributed by atoms with Crippen LogP contribution in [-0.2, 0) is 4.79 Å². The summed E-state index contributed by atoms with van der Waals surface area (Å²) in [6.07, 6.45) is 1.56. The van der Waals surface area contributed by atoms with Gasteiger partial charge in [0, 0.05) is 10.7 Å². The largest absolute Gasteiger partial charge is 0.497 e. The molecule has 0 radical (unpaired) electrons. The minimum atomic E-state index is -0.425. The lowest BCUT2D eigenvalue weighted by molar-refractivity contribution is -0.121. The second-order valence-corrected chi connectivity index (χ2v) is 5.32. The van der Waals surface area contributed by atoms with E-state index in [-0.39, 0.29) is 5.91 Å². The molecule has 0 unspecified atom stereocenters. The smallest absolute Gasteiger partial charge is 0.262 e. The fourth-order valence-electron chi connectivity index (χ4n) is 1.82. The van der Waals surface area contributed by atoms with Crippen molar-refractivity contribution in [3.63, 3.8) is 0 Å². The number of amides is 1. The second kappa shape index (κ2) is 8.19. The highest BCUT2D eigenvalue weighted by atomic mass is 35.5. The zero-order valence-corrected chi connectivity index (χ0v) is 13.7. The first-order chi connectivity index (χ1) is 11.1. The highest BCUT2D eigenvalue weighted by Crippen LogP contribution is 2.15. The maximum Gasteiger partial charge on any atom is 0.262 e. The van der Waals surface area contributed by atoms with E-state index in [0.717, 1.165) is 17.0 Å². The third-order valence-corrected chi connectivity index (χ3v) is 3.38. The third-order valence-electron chi connectivity index (χ3n) is 3.12. The molecule has 0 saturated carbocycles.